The van der Waals surface area contributed by atoms with Gasteiger partial charge in [0.15, 0.2) is 0 Å². The largest absolute Gasteiger partial charge is 0.477 e. The summed E-state index contributed by atoms with van der Waals surface area (Å²) < 4.78 is 0. The Bertz CT molecular complexity index is 508. The minimum Gasteiger partial charge on any atom is -0.477 e. The van der Waals surface area contributed by atoms with Gasteiger partial charge in [-0.3, -0.25) is 0 Å². The van der Waals surface area contributed by atoms with Crippen molar-refractivity contribution in [2.45, 2.75) is 45.2 Å². The predicted octanol–water partition coefficient (Wildman–Crippen LogP) is 1.89. The fraction of sp³-hybridized carbons (Fsp3) is 0.583. The molecular weight excluding hydrogens is 266 g/mol. The highest BCUT2D eigenvalue weighted by atomic mass is 32.1. The molecule has 1 aliphatic rings. The Morgan fingerprint density at radius 2 is 2.16 bits per heavy atom. The number of urea groups is 1. The van der Waals surface area contributed by atoms with Crippen molar-refractivity contribution in [1.82, 2.24) is 15.6 Å². The molecule has 0 aromatic carbocycles. The highest BCUT2D eigenvalue weighted by Gasteiger charge is 2.33. The SMILES string of the molecule is Cc1nc(CNC(=O)NC2(C)CCC2)sc1C(=O)O. The molecule has 19 heavy (non-hydrogen) atoms. The molecule has 0 aliphatic heterocycles. The van der Waals surface area contributed by atoms with Gasteiger partial charge in [-0.1, -0.05) is 0 Å². The minimum absolute atomic E-state index is 0.0882. The van der Waals surface area contributed by atoms with Crippen LogP contribution in [-0.4, -0.2) is 27.6 Å². The molecule has 3 N–H and O–H groups in total. The van der Waals surface area contributed by atoms with Crippen molar-refractivity contribution in [2.24, 2.45) is 0 Å². The van der Waals surface area contributed by atoms with E-state index < -0.39 is 5.97 Å². The molecule has 1 aromatic rings. The van der Waals surface area contributed by atoms with Crippen LogP contribution >= 0.6 is 11.3 Å². The molecule has 104 valence electrons. The van der Waals surface area contributed by atoms with E-state index in [1.54, 1.807) is 6.92 Å². The maximum atomic E-state index is 11.7. The van der Waals surface area contributed by atoms with Gasteiger partial charge in [0.2, 0.25) is 0 Å². The van der Waals surface area contributed by atoms with E-state index >= 15 is 0 Å². The normalized spacial score (nSPS) is 16.5. The van der Waals surface area contributed by atoms with Crippen molar-refractivity contribution in [3.8, 4) is 0 Å². The maximum absolute atomic E-state index is 11.7. The molecule has 1 fully saturated rings. The van der Waals surface area contributed by atoms with Gasteiger partial charge in [0, 0.05) is 5.54 Å². The lowest BCUT2D eigenvalue weighted by molar-refractivity contribution is 0.0701. The fourth-order valence-corrected chi connectivity index (χ4v) is 2.88. The molecule has 2 amide bonds. The number of thiazole rings is 1. The zero-order chi connectivity index (χ0) is 14.0. The van der Waals surface area contributed by atoms with Crippen LogP contribution in [-0.2, 0) is 6.54 Å². The summed E-state index contributed by atoms with van der Waals surface area (Å²) in [6, 6.07) is -0.230. The molecule has 1 aromatic heterocycles. The van der Waals surface area contributed by atoms with Gasteiger partial charge in [0.1, 0.15) is 9.88 Å². The Balaban J connectivity index is 1.86. The molecule has 7 heteroatoms. The Labute approximate surface area is 115 Å². The van der Waals surface area contributed by atoms with Crippen LogP contribution in [0, 0.1) is 6.92 Å². The third kappa shape index (κ3) is 3.23. The van der Waals surface area contributed by atoms with Crippen LogP contribution in [0.15, 0.2) is 0 Å². The molecule has 6 nitrogen and oxygen atoms in total. The third-order valence-corrected chi connectivity index (χ3v) is 4.45. The first-order chi connectivity index (χ1) is 8.89. The van der Waals surface area contributed by atoms with Crippen LogP contribution in [0.2, 0.25) is 0 Å². The first-order valence-corrected chi connectivity index (χ1v) is 6.97. The number of aromatic nitrogens is 1. The number of carboxylic acid groups (broad SMARTS) is 1. The molecule has 1 saturated carbocycles. The second-order valence-corrected chi connectivity index (χ2v) is 6.13. The molecule has 1 aliphatic carbocycles. The van der Waals surface area contributed by atoms with Crippen molar-refractivity contribution >= 4 is 23.3 Å². The molecular formula is C12H17N3O3S. The van der Waals surface area contributed by atoms with E-state index in [2.05, 4.69) is 15.6 Å². The van der Waals surface area contributed by atoms with Crippen molar-refractivity contribution in [3.05, 3.63) is 15.6 Å². The molecule has 0 atom stereocenters. The highest BCUT2D eigenvalue weighted by molar-refractivity contribution is 7.13. The Hall–Kier alpha value is -1.63. The lowest BCUT2D eigenvalue weighted by atomic mass is 9.79. The van der Waals surface area contributed by atoms with Crippen LogP contribution < -0.4 is 10.6 Å². The van der Waals surface area contributed by atoms with E-state index in [1.807, 2.05) is 6.92 Å². The zero-order valence-electron chi connectivity index (χ0n) is 10.9. The average Bonchev–Trinajstić information content (AvgIpc) is 2.66. The highest BCUT2D eigenvalue weighted by Crippen LogP contribution is 2.30. The van der Waals surface area contributed by atoms with Crippen LogP contribution in [0.3, 0.4) is 0 Å². The van der Waals surface area contributed by atoms with Gasteiger partial charge in [-0.2, -0.15) is 0 Å². The molecule has 2 rings (SSSR count). The van der Waals surface area contributed by atoms with Crippen LogP contribution in [0.1, 0.15) is 46.6 Å². The summed E-state index contributed by atoms with van der Waals surface area (Å²) in [5.74, 6) is -0.979. The smallest absolute Gasteiger partial charge is 0.347 e. The number of carbonyl (C=O) groups is 2. The lowest BCUT2D eigenvalue weighted by Gasteiger charge is -2.38. The number of aromatic carboxylic acids is 1. The van der Waals surface area contributed by atoms with Gasteiger partial charge in [-0.05, 0) is 33.1 Å². The molecule has 0 spiro atoms. The van der Waals surface area contributed by atoms with Gasteiger partial charge in [-0.25, -0.2) is 14.6 Å². The summed E-state index contributed by atoms with van der Waals surface area (Å²) in [7, 11) is 0. The summed E-state index contributed by atoms with van der Waals surface area (Å²) in [4.78, 5) is 26.9. The fourth-order valence-electron chi connectivity index (χ4n) is 2.03. The molecule has 0 saturated heterocycles. The van der Waals surface area contributed by atoms with Crippen molar-refractivity contribution in [1.29, 1.82) is 0 Å². The van der Waals surface area contributed by atoms with Crippen molar-refractivity contribution in [3.63, 3.8) is 0 Å². The van der Waals surface area contributed by atoms with Gasteiger partial charge in [-0.15, -0.1) is 11.3 Å². The van der Waals surface area contributed by atoms with Gasteiger partial charge < -0.3 is 15.7 Å². The summed E-state index contributed by atoms with van der Waals surface area (Å²) in [6.07, 6.45) is 3.14. The lowest BCUT2D eigenvalue weighted by Crippen LogP contribution is -2.54. The van der Waals surface area contributed by atoms with Gasteiger partial charge >= 0.3 is 12.0 Å². The van der Waals surface area contributed by atoms with E-state index in [4.69, 9.17) is 5.11 Å². The number of nitrogens with zero attached hydrogens (tertiary/aromatic N) is 1. The Morgan fingerprint density at radius 3 is 2.63 bits per heavy atom. The summed E-state index contributed by atoms with van der Waals surface area (Å²) >= 11 is 1.09. The first-order valence-electron chi connectivity index (χ1n) is 6.15. The number of aryl methyl sites for hydroxylation is 1. The number of carbonyl (C=O) groups excluding carboxylic acids is 1. The van der Waals surface area contributed by atoms with E-state index in [1.165, 1.54) is 0 Å². The van der Waals surface area contributed by atoms with Crippen LogP contribution in [0.25, 0.3) is 0 Å². The van der Waals surface area contributed by atoms with Crippen LogP contribution in [0.4, 0.5) is 4.79 Å². The number of rotatable bonds is 4. The average molecular weight is 283 g/mol. The molecule has 0 bridgehead atoms. The Morgan fingerprint density at radius 1 is 1.47 bits per heavy atom. The monoisotopic (exact) mass is 283 g/mol. The number of nitrogens with one attached hydrogen (secondary N) is 2. The number of carboxylic acids is 1. The van der Waals surface area contributed by atoms with E-state index in [0.29, 0.717) is 10.7 Å². The van der Waals surface area contributed by atoms with Crippen molar-refractivity contribution in [2.75, 3.05) is 0 Å². The summed E-state index contributed by atoms with van der Waals surface area (Å²) in [5.41, 5.74) is 0.399. The number of hydrogen-bond donors (Lipinski definition) is 3. The summed E-state index contributed by atoms with van der Waals surface area (Å²) in [6.45, 7) is 3.92. The quantitative estimate of drug-likeness (QED) is 0.787. The van der Waals surface area contributed by atoms with E-state index in [0.717, 1.165) is 30.6 Å². The first kappa shape index (κ1) is 13.8. The maximum Gasteiger partial charge on any atom is 0.347 e. The topological polar surface area (TPSA) is 91.3 Å². The standard InChI is InChI=1S/C12H17N3O3S/c1-7-9(10(16)17)19-8(14-7)6-13-11(18)15-12(2)4-3-5-12/h3-6H2,1-2H3,(H,16,17)(H2,13,15,18). The van der Waals surface area contributed by atoms with E-state index in [9.17, 15) is 9.59 Å². The summed E-state index contributed by atoms with van der Waals surface area (Å²) in [5, 5.41) is 15.1. The molecule has 1 heterocycles. The second-order valence-electron chi connectivity index (χ2n) is 5.05. The molecule has 0 unspecified atom stereocenters. The predicted molar refractivity (Wildman–Crippen MR) is 71.4 cm³/mol. The number of hydrogen-bond acceptors (Lipinski definition) is 4. The minimum atomic E-state index is -0.979. The second kappa shape index (κ2) is 5.16. The van der Waals surface area contributed by atoms with Crippen LogP contribution in [0.5, 0.6) is 0 Å². The van der Waals surface area contributed by atoms with Gasteiger partial charge in [0.05, 0.1) is 12.2 Å². The van der Waals surface area contributed by atoms with Crippen molar-refractivity contribution < 1.29 is 14.7 Å². The number of amides is 2. The third-order valence-electron chi connectivity index (χ3n) is 3.31. The van der Waals surface area contributed by atoms with E-state index in [-0.39, 0.29) is 23.0 Å². The molecule has 0 radical (unpaired) electrons. The zero-order valence-corrected chi connectivity index (χ0v) is 11.8. The van der Waals surface area contributed by atoms with Gasteiger partial charge in [0.25, 0.3) is 0 Å². The Kier molecular flexibility index (Phi) is 3.75.